The van der Waals surface area contributed by atoms with Crippen LogP contribution in [0.5, 0.6) is 0 Å². The highest BCUT2D eigenvalue weighted by molar-refractivity contribution is 5.65. The van der Waals surface area contributed by atoms with Crippen LogP contribution >= 0.6 is 0 Å². The van der Waals surface area contributed by atoms with E-state index in [0.29, 0.717) is 23.6 Å². The molecular formula is C6H6N4O. The fourth-order valence-corrected chi connectivity index (χ4v) is 0.801. The Morgan fingerprint density at radius 3 is 3.18 bits per heavy atom. The van der Waals surface area contributed by atoms with Crippen LogP contribution in [0.15, 0.2) is 17.0 Å². The molecule has 5 nitrogen and oxygen atoms in total. The van der Waals surface area contributed by atoms with Gasteiger partial charge in [-0.15, -0.1) is 0 Å². The quantitative estimate of drug-likeness (QED) is 0.622. The summed E-state index contributed by atoms with van der Waals surface area (Å²) in [5.41, 5.74) is 6.46. The third-order valence-electron chi connectivity index (χ3n) is 1.32. The van der Waals surface area contributed by atoms with E-state index in [1.807, 2.05) is 0 Å². The average Bonchev–Trinajstić information content (AvgIpc) is 2.50. The third kappa shape index (κ3) is 0.947. The minimum Gasteiger partial charge on any atom is -0.425 e. The van der Waals surface area contributed by atoms with E-state index in [1.165, 1.54) is 6.39 Å². The summed E-state index contributed by atoms with van der Waals surface area (Å²) in [4.78, 5) is 11.8. The van der Waals surface area contributed by atoms with Gasteiger partial charge >= 0.3 is 0 Å². The molecular weight excluding hydrogens is 144 g/mol. The largest absolute Gasteiger partial charge is 0.425 e. The Labute approximate surface area is 62.3 Å². The van der Waals surface area contributed by atoms with Crippen LogP contribution in [-0.2, 0) is 6.54 Å². The summed E-state index contributed by atoms with van der Waals surface area (Å²) in [5.74, 6) is 0.564. The minimum absolute atomic E-state index is 0.316. The molecule has 5 heteroatoms. The van der Waals surface area contributed by atoms with E-state index >= 15 is 0 Å². The Morgan fingerprint density at radius 1 is 1.45 bits per heavy atom. The predicted molar refractivity (Wildman–Crippen MR) is 37.5 cm³/mol. The Morgan fingerprint density at radius 2 is 2.36 bits per heavy atom. The van der Waals surface area contributed by atoms with Crippen molar-refractivity contribution in [2.45, 2.75) is 6.54 Å². The van der Waals surface area contributed by atoms with Crippen LogP contribution in [0.2, 0.25) is 0 Å². The van der Waals surface area contributed by atoms with Crippen LogP contribution in [0, 0.1) is 0 Å². The van der Waals surface area contributed by atoms with E-state index in [2.05, 4.69) is 15.0 Å². The number of hydrogen-bond acceptors (Lipinski definition) is 5. The van der Waals surface area contributed by atoms with Gasteiger partial charge in [-0.05, 0) is 0 Å². The molecule has 0 aromatic carbocycles. The fraction of sp³-hybridized carbons (Fsp3) is 0.167. The number of rotatable bonds is 1. The van der Waals surface area contributed by atoms with Crippen molar-refractivity contribution < 1.29 is 4.42 Å². The highest BCUT2D eigenvalue weighted by Gasteiger charge is 2.00. The lowest BCUT2D eigenvalue weighted by Gasteiger charge is -1.90. The summed E-state index contributed by atoms with van der Waals surface area (Å²) in [5, 5.41) is 0. The van der Waals surface area contributed by atoms with E-state index in [9.17, 15) is 0 Å². The minimum atomic E-state index is 0.316. The molecule has 0 fully saturated rings. The Balaban J connectivity index is 2.67. The molecule has 2 heterocycles. The Bertz CT molecular complexity index is 369. The number of oxazole rings is 1. The van der Waals surface area contributed by atoms with Crippen LogP contribution in [0.1, 0.15) is 5.82 Å². The molecule has 0 saturated carbocycles. The zero-order chi connectivity index (χ0) is 7.68. The van der Waals surface area contributed by atoms with Gasteiger partial charge in [-0.2, -0.15) is 4.98 Å². The summed E-state index contributed by atoms with van der Waals surface area (Å²) in [6, 6.07) is 0. The molecule has 0 radical (unpaired) electrons. The van der Waals surface area contributed by atoms with Gasteiger partial charge in [0.25, 0.3) is 0 Å². The maximum atomic E-state index is 5.32. The molecule has 56 valence electrons. The molecule has 11 heavy (non-hydrogen) atoms. The van der Waals surface area contributed by atoms with Crippen LogP contribution in [0.25, 0.3) is 11.2 Å². The molecule has 2 rings (SSSR count). The molecule has 2 aromatic rings. The van der Waals surface area contributed by atoms with E-state index in [1.54, 1.807) is 6.20 Å². The molecule has 0 saturated heterocycles. The second-order valence-corrected chi connectivity index (χ2v) is 2.03. The molecule has 0 bridgehead atoms. The number of aromatic nitrogens is 3. The normalized spacial score (nSPS) is 10.6. The molecule has 2 N–H and O–H groups in total. The van der Waals surface area contributed by atoms with Crippen molar-refractivity contribution in [2.75, 3.05) is 0 Å². The fourth-order valence-electron chi connectivity index (χ4n) is 0.801. The van der Waals surface area contributed by atoms with Crippen molar-refractivity contribution in [3.05, 3.63) is 18.4 Å². The number of hydrogen-bond donors (Lipinski definition) is 1. The van der Waals surface area contributed by atoms with E-state index in [0.717, 1.165) is 0 Å². The van der Waals surface area contributed by atoms with Crippen molar-refractivity contribution in [3.8, 4) is 0 Å². The van der Waals surface area contributed by atoms with Crippen LogP contribution in [0.4, 0.5) is 0 Å². The maximum absolute atomic E-state index is 5.32. The number of nitrogens with zero attached hydrogens (tertiary/aromatic N) is 3. The smallest absolute Gasteiger partial charge is 0.250 e. The second-order valence-electron chi connectivity index (χ2n) is 2.03. The summed E-state index contributed by atoms with van der Waals surface area (Å²) < 4.78 is 4.94. The molecule has 0 unspecified atom stereocenters. The monoisotopic (exact) mass is 150 g/mol. The molecule has 0 atom stereocenters. The molecule has 0 aliphatic carbocycles. The van der Waals surface area contributed by atoms with Crippen molar-refractivity contribution in [1.82, 2.24) is 15.0 Å². The summed E-state index contributed by atoms with van der Waals surface area (Å²) >= 11 is 0. The van der Waals surface area contributed by atoms with Gasteiger partial charge < -0.3 is 10.2 Å². The summed E-state index contributed by atoms with van der Waals surface area (Å²) in [7, 11) is 0. The van der Waals surface area contributed by atoms with Crippen LogP contribution < -0.4 is 5.73 Å². The first kappa shape index (κ1) is 6.23. The van der Waals surface area contributed by atoms with Gasteiger partial charge in [-0.1, -0.05) is 0 Å². The standard InChI is InChI=1S/C6H6N4O/c7-1-5-8-2-4-6(10-5)11-3-9-4/h2-3H,1,7H2. The Kier molecular flexibility index (Phi) is 1.29. The van der Waals surface area contributed by atoms with E-state index in [-0.39, 0.29) is 0 Å². The molecule has 2 aromatic heterocycles. The van der Waals surface area contributed by atoms with E-state index in [4.69, 9.17) is 10.2 Å². The second kappa shape index (κ2) is 2.28. The molecule has 0 aliphatic rings. The lowest BCUT2D eigenvalue weighted by molar-refractivity contribution is 0.587. The zero-order valence-corrected chi connectivity index (χ0v) is 5.69. The first-order chi connectivity index (χ1) is 5.40. The van der Waals surface area contributed by atoms with Gasteiger partial charge in [0, 0.05) is 0 Å². The number of fused-ring (bicyclic) bond motifs is 1. The topological polar surface area (TPSA) is 77.8 Å². The van der Waals surface area contributed by atoms with Gasteiger partial charge in [0.15, 0.2) is 6.39 Å². The van der Waals surface area contributed by atoms with Crippen molar-refractivity contribution in [3.63, 3.8) is 0 Å². The highest BCUT2D eigenvalue weighted by Crippen LogP contribution is 2.06. The molecule has 0 aliphatic heterocycles. The lowest BCUT2D eigenvalue weighted by atomic mass is 10.5. The zero-order valence-electron chi connectivity index (χ0n) is 5.69. The van der Waals surface area contributed by atoms with Crippen molar-refractivity contribution in [1.29, 1.82) is 0 Å². The van der Waals surface area contributed by atoms with Gasteiger partial charge in [-0.25, -0.2) is 9.97 Å². The Hall–Kier alpha value is -1.49. The average molecular weight is 150 g/mol. The van der Waals surface area contributed by atoms with Gasteiger partial charge in [0.1, 0.15) is 11.3 Å². The van der Waals surface area contributed by atoms with Crippen LogP contribution in [-0.4, -0.2) is 15.0 Å². The van der Waals surface area contributed by atoms with Gasteiger partial charge in [0.05, 0.1) is 12.7 Å². The molecule has 0 spiro atoms. The third-order valence-corrected chi connectivity index (χ3v) is 1.32. The summed E-state index contributed by atoms with van der Waals surface area (Å²) in [6.07, 6.45) is 2.92. The van der Waals surface area contributed by atoms with Gasteiger partial charge in [0.2, 0.25) is 5.71 Å². The summed E-state index contributed by atoms with van der Waals surface area (Å²) in [6.45, 7) is 0.316. The van der Waals surface area contributed by atoms with Crippen LogP contribution in [0.3, 0.4) is 0 Å². The van der Waals surface area contributed by atoms with Crippen molar-refractivity contribution >= 4 is 11.2 Å². The number of nitrogens with two attached hydrogens (primary N) is 1. The maximum Gasteiger partial charge on any atom is 0.250 e. The van der Waals surface area contributed by atoms with E-state index < -0.39 is 0 Å². The first-order valence-corrected chi connectivity index (χ1v) is 3.15. The van der Waals surface area contributed by atoms with Gasteiger partial charge in [-0.3, -0.25) is 0 Å². The predicted octanol–water partition coefficient (Wildman–Crippen LogP) is 0.0765. The molecule has 0 amide bonds. The first-order valence-electron chi connectivity index (χ1n) is 3.15. The van der Waals surface area contributed by atoms with Crippen molar-refractivity contribution in [2.24, 2.45) is 5.73 Å². The lowest BCUT2D eigenvalue weighted by Crippen LogP contribution is -2.01. The highest BCUT2D eigenvalue weighted by atomic mass is 16.3. The SMILES string of the molecule is NCc1ncc2ncoc2n1.